The first-order valence-electron chi connectivity index (χ1n) is 10.1. The number of hydrogen-bond donors (Lipinski definition) is 2. The van der Waals surface area contributed by atoms with Crippen LogP contribution in [0.5, 0.6) is 0 Å². The third kappa shape index (κ3) is 3.70. The summed E-state index contributed by atoms with van der Waals surface area (Å²) >= 11 is 6.19. The fourth-order valence-electron chi connectivity index (χ4n) is 3.58. The molecule has 2 N–H and O–H groups in total. The van der Waals surface area contributed by atoms with Crippen molar-refractivity contribution in [1.29, 1.82) is 0 Å². The number of carbonyl (C=O) groups is 1. The molecule has 1 saturated heterocycles. The lowest BCUT2D eigenvalue weighted by molar-refractivity contribution is -0.144. The van der Waals surface area contributed by atoms with Crippen LogP contribution in [0.1, 0.15) is 12.2 Å². The highest BCUT2D eigenvalue weighted by Crippen LogP contribution is 2.34. The van der Waals surface area contributed by atoms with E-state index in [-0.39, 0.29) is 12.2 Å². The summed E-state index contributed by atoms with van der Waals surface area (Å²) in [6, 6.07) is 8.64. The molecule has 0 aromatic carbocycles. The van der Waals surface area contributed by atoms with Crippen molar-refractivity contribution >= 4 is 29.1 Å². The van der Waals surface area contributed by atoms with Crippen molar-refractivity contribution in [3.8, 4) is 22.8 Å². The lowest BCUT2D eigenvalue weighted by Crippen LogP contribution is -2.35. The third-order valence-corrected chi connectivity index (χ3v) is 5.92. The minimum absolute atomic E-state index is 0.0981. The van der Waals surface area contributed by atoms with Gasteiger partial charge in [-0.1, -0.05) is 22.8 Å². The number of aromatic nitrogens is 6. The molecule has 11 nitrogen and oxygen atoms in total. The number of rotatable bonds is 5. The van der Waals surface area contributed by atoms with Crippen LogP contribution < -0.4 is 5.32 Å². The average Bonchev–Trinajstić information content (AvgIpc) is 3.52. The van der Waals surface area contributed by atoms with Crippen molar-refractivity contribution in [3.05, 3.63) is 53.6 Å². The van der Waals surface area contributed by atoms with Gasteiger partial charge in [-0.2, -0.15) is 5.10 Å². The Balaban J connectivity index is 1.42. The molecule has 0 radical (unpaired) electrons. The van der Waals surface area contributed by atoms with E-state index in [9.17, 15) is 9.90 Å². The van der Waals surface area contributed by atoms with E-state index in [1.165, 1.54) is 9.58 Å². The van der Waals surface area contributed by atoms with E-state index in [1.807, 2.05) is 6.07 Å². The Bertz CT molecular complexity index is 1350. The van der Waals surface area contributed by atoms with E-state index >= 15 is 0 Å². The molecule has 4 aromatic rings. The number of nitrogens with zero attached hydrogens (tertiary/aromatic N) is 7. The van der Waals surface area contributed by atoms with Crippen LogP contribution in [0, 0.1) is 0 Å². The van der Waals surface area contributed by atoms with Crippen LogP contribution in [0.3, 0.4) is 0 Å². The van der Waals surface area contributed by atoms with Crippen molar-refractivity contribution in [2.24, 2.45) is 7.05 Å². The van der Waals surface area contributed by atoms with Crippen molar-refractivity contribution in [2.75, 3.05) is 18.9 Å². The van der Waals surface area contributed by atoms with Gasteiger partial charge in [0.05, 0.1) is 29.0 Å². The number of pyridine rings is 1. The first-order chi connectivity index (χ1) is 15.8. The minimum Gasteiger partial charge on any atom is -0.373 e. The number of likely N-dealkylation sites (N-methyl/N-ethyl adjacent to an activating group) is 1. The van der Waals surface area contributed by atoms with Gasteiger partial charge in [-0.25, -0.2) is 15.0 Å². The highest BCUT2D eigenvalue weighted by Gasteiger charge is 2.48. The number of anilines is 2. The van der Waals surface area contributed by atoms with Crippen LogP contribution >= 0.6 is 11.6 Å². The second-order valence-corrected chi connectivity index (χ2v) is 8.04. The van der Waals surface area contributed by atoms with E-state index in [4.69, 9.17) is 16.1 Å². The summed E-state index contributed by atoms with van der Waals surface area (Å²) in [7, 11) is 3.37. The highest BCUT2D eigenvalue weighted by molar-refractivity contribution is 6.32. The molecule has 1 aliphatic rings. The predicted octanol–water partition coefficient (Wildman–Crippen LogP) is 2.37. The van der Waals surface area contributed by atoms with Crippen molar-refractivity contribution in [1.82, 2.24) is 34.8 Å². The van der Waals surface area contributed by atoms with Crippen LogP contribution in [0.25, 0.3) is 22.8 Å². The lowest BCUT2D eigenvalue weighted by Gasteiger charge is -2.16. The van der Waals surface area contributed by atoms with Gasteiger partial charge in [-0.3, -0.25) is 9.48 Å². The van der Waals surface area contributed by atoms with Gasteiger partial charge in [-0.05, 0) is 18.2 Å². The number of halogens is 1. The third-order valence-electron chi connectivity index (χ3n) is 5.47. The molecule has 4 aromatic heterocycles. The van der Waals surface area contributed by atoms with E-state index in [0.717, 1.165) is 0 Å². The Morgan fingerprint density at radius 2 is 1.91 bits per heavy atom. The quantitative estimate of drug-likeness (QED) is 0.454. The normalized spacial score (nSPS) is 18.2. The molecule has 33 heavy (non-hydrogen) atoms. The summed E-state index contributed by atoms with van der Waals surface area (Å²) in [6.45, 7) is 0.438. The standard InChI is InChI=1S/C21H19ClN8O3/c1-29-9-7-21(32,19(29)31)17-10-15(28-33-17)13-5-3-4-12(25-13)14-6-8-23-20(26-14)27-16-11-24-30(2)18(16)22/h3-6,8,10-11,32H,7,9H2,1-2H3,(H,23,26,27). The molecule has 0 bridgehead atoms. The van der Waals surface area contributed by atoms with Gasteiger partial charge in [0.25, 0.3) is 5.91 Å². The Morgan fingerprint density at radius 3 is 2.61 bits per heavy atom. The Hall–Kier alpha value is -3.83. The number of aliphatic hydroxyl groups is 1. The topological polar surface area (TPSA) is 135 Å². The van der Waals surface area contributed by atoms with E-state index in [0.29, 0.717) is 46.1 Å². The van der Waals surface area contributed by atoms with Gasteiger partial charge in [0.2, 0.25) is 11.5 Å². The van der Waals surface area contributed by atoms with Gasteiger partial charge >= 0.3 is 0 Å². The molecule has 0 aliphatic carbocycles. The average molecular weight is 467 g/mol. The predicted molar refractivity (Wildman–Crippen MR) is 118 cm³/mol. The lowest BCUT2D eigenvalue weighted by atomic mass is 9.98. The molecule has 168 valence electrons. The first-order valence-corrected chi connectivity index (χ1v) is 10.4. The Kier molecular flexibility index (Phi) is 5.06. The largest absolute Gasteiger partial charge is 0.373 e. The SMILES string of the molecule is CN1CCC(O)(c2cc(-c3cccc(-c4ccnc(Nc5cnn(C)c5Cl)n4)n3)no2)C1=O. The number of hydrogen-bond acceptors (Lipinski definition) is 9. The molecular weight excluding hydrogens is 448 g/mol. The van der Waals surface area contributed by atoms with Gasteiger partial charge in [0.15, 0.2) is 5.76 Å². The molecule has 1 unspecified atom stereocenters. The highest BCUT2D eigenvalue weighted by atomic mass is 35.5. The molecule has 1 aliphatic heterocycles. The van der Waals surface area contributed by atoms with Crippen LogP contribution in [-0.2, 0) is 17.4 Å². The Morgan fingerprint density at radius 1 is 1.15 bits per heavy atom. The zero-order valence-corrected chi connectivity index (χ0v) is 18.5. The maximum Gasteiger partial charge on any atom is 0.262 e. The van der Waals surface area contributed by atoms with E-state index in [2.05, 4.69) is 30.5 Å². The van der Waals surface area contributed by atoms with Gasteiger partial charge in [0.1, 0.15) is 10.8 Å². The molecule has 5 rings (SSSR count). The number of carbonyl (C=O) groups excluding carboxylic acids is 1. The first kappa shape index (κ1) is 21.0. The van der Waals surface area contributed by atoms with Crippen LogP contribution in [0.2, 0.25) is 5.15 Å². The molecular formula is C21H19ClN8O3. The number of nitrogens with one attached hydrogen (secondary N) is 1. The minimum atomic E-state index is -1.71. The van der Waals surface area contributed by atoms with Crippen LogP contribution in [-0.4, -0.2) is 59.4 Å². The van der Waals surface area contributed by atoms with E-state index in [1.54, 1.807) is 50.8 Å². The van der Waals surface area contributed by atoms with Crippen molar-refractivity contribution in [2.45, 2.75) is 12.0 Å². The number of amides is 1. The number of likely N-dealkylation sites (tertiary alicyclic amines) is 1. The van der Waals surface area contributed by atoms with E-state index < -0.39 is 11.5 Å². The van der Waals surface area contributed by atoms with Gasteiger partial charge in [0, 0.05) is 39.3 Å². The summed E-state index contributed by atoms with van der Waals surface area (Å²) in [4.78, 5) is 27.1. The molecule has 1 amide bonds. The summed E-state index contributed by atoms with van der Waals surface area (Å²) in [6.07, 6.45) is 3.43. The molecule has 1 fully saturated rings. The molecule has 0 saturated carbocycles. The fraction of sp³-hybridized carbons (Fsp3) is 0.238. The summed E-state index contributed by atoms with van der Waals surface area (Å²) < 4.78 is 6.85. The molecule has 5 heterocycles. The summed E-state index contributed by atoms with van der Waals surface area (Å²) in [5.74, 6) is 0.0204. The number of aryl methyl sites for hydroxylation is 1. The monoisotopic (exact) mass is 466 g/mol. The van der Waals surface area contributed by atoms with Crippen LogP contribution in [0.4, 0.5) is 11.6 Å². The smallest absolute Gasteiger partial charge is 0.262 e. The molecule has 12 heteroatoms. The van der Waals surface area contributed by atoms with Crippen LogP contribution in [0.15, 0.2) is 47.2 Å². The maximum atomic E-state index is 12.3. The van der Waals surface area contributed by atoms with Crippen molar-refractivity contribution in [3.63, 3.8) is 0 Å². The van der Waals surface area contributed by atoms with Gasteiger partial charge < -0.3 is 19.8 Å². The Labute approximate surface area is 193 Å². The van der Waals surface area contributed by atoms with Crippen molar-refractivity contribution < 1.29 is 14.4 Å². The maximum absolute atomic E-state index is 12.3. The van der Waals surface area contributed by atoms with Gasteiger partial charge in [-0.15, -0.1) is 0 Å². The summed E-state index contributed by atoms with van der Waals surface area (Å²) in [5, 5.41) is 22.4. The zero-order chi connectivity index (χ0) is 23.2. The zero-order valence-electron chi connectivity index (χ0n) is 17.7. The fourth-order valence-corrected chi connectivity index (χ4v) is 3.72. The summed E-state index contributed by atoms with van der Waals surface area (Å²) in [5.41, 5.74) is 0.932. The second kappa shape index (κ2) is 7.94. The second-order valence-electron chi connectivity index (χ2n) is 7.68. The molecule has 0 spiro atoms. The molecule has 1 atom stereocenters.